The number of hydrogen-bond acceptors (Lipinski definition) is 4. The average molecular weight is 396 g/mol. The molecule has 2 aliphatic heterocycles. The van der Waals surface area contributed by atoms with Gasteiger partial charge in [-0.2, -0.15) is 0 Å². The van der Waals surface area contributed by atoms with Gasteiger partial charge in [-0.3, -0.25) is 4.79 Å². The molecule has 29 heavy (non-hydrogen) atoms. The summed E-state index contributed by atoms with van der Waals surface area (Å²) in [6, 6.07) is 8.16. The summed E-state index contributed by atoms with van der Waals surface area (Å²) in [6.45, 7) is 3.54. The van der Waals surface area contributed by atoms with Crippen LogP contribution in [0.5, 0.6) is 5.75 Å². The van der Waals surface area contributed by atoms with Gasteiger partial charge in [-0.15, -0.1) is 0 Å². The number of halogens is 1. The summed E-state index contributed by atoms with van der Waals surface area (Å²) in [5, 5.41) is 9.98. The molecule has 2 aliphatic rings. The number of nitrogen functional groups attached to an aromatic ring is 1. The zero-order valence-electron chi connectivity index (χ0n) is 16.0. The average Bonchev–Trinajstić information content (AvgIpc) is 3.24. The monoisotopic (exact) mass is 396 g/mol. The molecule has 0 radical (unpaired) electrons. The molecule has 4 unspecified atom stereocenters. The van der Waals surface area contributed by atoms with Gasteiger partial charge in [0, 0.05) is 34.5 Å². The number of alkyl halides is 1. The lowest BCUT2D eigenvalue weighted by Gasteiger charge is -2.40. The van der Waals surface area contributed by atoms with Crippen molar-refractivity contribution in [2.24, 2.45) is 5.73 Å². The van der Waals surface area contributed by atoms with Gasteiger partial charge in [-0.25, -0.2) is 4.39 Å². The smallest absolute Gasteiger partial charge is 0.246 e. The number of nitrogens with two attached hydrogens (primary N) is 2. The van der Waals surface area contributed by atoms with Crippen molar-refractivity contribution in [1.82, 2.24) is 9.88 Å². The largest absolute Gasteiger partial charge is 0.507 e. The fourth-order valence-electron chi connectivity index (χ4n) is 4.69. The van der Waals surface area contributed by atoms with E-state index in [1.807, 2.05) is 6.07 Å². The molecule has 2 bridgehead atoms. The molecule has 0 saturated carbocycles. The van der Waals surface area contributed by atoms with Gasteiger partial charge < -0.3 is 26.5 Å². The molecule has 0 aliphatic carbocycles. The Morgan fingerprint density at radius 3 is 2.83 bits per heavy atom. The van der Waals surface area contributed by atoms with Crippen molar-refractivity contribution in [3.05, 3.63) is 59.8 Å². The van der Waals surface area contributed by atoms with E-state index in [1.165, 1.54) is 6.08 Å². The molecule has 6 N–H and O–H groups in total. The molecule has 152 valence electrons. The number of phenols is 1. The second-order valence-electron chi connectivity index (χ2n) is 7.75. The van der Waals surface area contributed by atoms with Crippen LogP contribution in [0.15, 0.2) is 43.0 Å². The van der Waals surface area contributed by atoms with Crippen molar-refractivity contribution in [2.75, 3.05) is 5.73 Å². The number of fused-ring (bicyclic) bond motifs is 2. The first-order valence-corrected chi connectivity index (χ1v) is 9.73. The first-order chi connectivity index (χ1) is 13.9. The van der Waals surface area contributed by atoms with Crippen molar-refractivity contribution < 1.29 is 14.3 Å². The van der Waals surface area contributed by atoms with Gasteiger partial charge in [-0.05, 0) is 49.6 Å². The molecule has 4 rings (SSSR count). The molecular weight excluding hydrogens is 371 g/mol. The number of phenolic OH excluding ortho intramolecular Hbond substituents is 1. The van der Waals surface area contributed by atoms with E-state index in [1.54, 1.807) is 35.2 Å². The number of piperidine rings is 1. The molecule has 2 fully saturated rings. The van der Waals surface area contributed by atoms with Crippen LogP contribution in [0.4, 0.5) is 10.2 Å². The summed E-state index contributed by atoms with van der Waals surface area (Å²) in [4.78, 5) is 16.9. The normalized spacial score (nSPS) is 26.5. The fourth-order valence-corrected chi connectivity index (χ4v) is 4.69. The lowest BCUT2D eigenvalue weighted by atomic mass is 9.86. The Labute approximate surface area is 168 Å². The number of amides is 1. The number of nitrogens with one attached hydrogen (secondary N) is 1. The Balaban J connectivity index is 1.61. The standard InChI is InChI=1S/C22H25FN4O2/c1-2-20(29)27-13-7-8-18(27)21(23)15(11-13)17-10-12(22(25)26-17)9-16(24)14-5-3-4-6-19(14)28/h2-6,9-10,13,15,18,21,26,28H,1,7-8,11,24-25H2/b16-9-. The second kappa shape index (κ2) is 7.31. The van der Waals surface area contributed by atoms with Gasteiger partial charge in [0.05, 0.1) is 6.04 Å². The Morgan fingerprint density at radius 1 is 1.34 bits per heavy atom. The van der Waals surface area contributed by atoms with Crippen LogP contribution in [0.25, 0.3) is 11.8 Å². The van der Waals surface area contributed by atoms with Crippen LogP contribution in [0.2, 0.25) is 0 Å². The van der Waals surface area contributed by atoms with E-state index in [2.05, 4.69) is 11.6 Å². The highest BCUT2D eigenvalue weighted by molar-refractivity contribution is 5.88. The maximum Gasteiger partial charge on any atom is 0.246 e. The lowest BCUT2D eigenvalue weighted by molar-refractivity contribution is -0.132. The number of para-hydroxylation sites is 1. The molecule has 3 heterocycles. The molecular formula is C22H25FN4O2. The maximum atomic E-state index is 15.3. The summed E-state index contributed by atoms with van der Waals surface area (Å²) >= 11 is 0. The van der Waals surface area contributed by atoms with Gasteiger partial charge >= 0.3 is 0 Å². The van der Waals surface area contributed by atoms with Crippen LogP contribution in [0.1, 0.15) is 42.0 Å². The van der Waals surface area contributed by atoms with Gasteiger partial charge in [0.25, 0.3) is 0 Å². The lowest BCUT2D eigenvalue weighted by Crippen LogP contribution is -2.51. The zero-order chi connectivity index (χ0) is 20.7. The Hall–Kier alpha value is -3.22. The summed E-state index contributed by atoms with van der Waals surface area (Å²) in [6.07, 6.45) is 3.74. The molecule has 2 saturated heterocycles. The minimum absolute atomic E-state index is 0.0114. The molecule has 4 atom stereocenters. The van der Waals surface area contributed by atoms with Crippen LogP contribution in [0, 0.1) is 0 Å². The number of aromatic amines is 1. The van der Waals surface area contributed by atoms with Crippen LogP contribution in [-0.2, 0) is 4.79 Å². The van der Waals surface area contributed by atoms with Gasteiger partial charge in [-0.1, -0.05) is 18.7 Å². The fraction of sp³-hybridized carbons (Fsp3) is 0.318. The number of anilines is 1. The highest BCUT2D eigenvalue weighted by atomic mass is 19.1. The summed E-state index contributed by atoms with van der Waals surface area (Å²) in [5.74, 6) is -0.0985. The van der Waals surface area contributed by atoms with E-state index in [-0.39, 0.29) is 23.6 Å². The number of aromatic hydroxyl groups is 1. The van der Waals surface area contributed by atoms with Crippen LogP contribution >= 0.6 is 0 Å². The Bertz CT molecular complexity index is 983. The van der Waals surface area contributed by atoms with E-state index in [0.29, 0.717) is 41.2 Å². The maximum absolute atomic E-state index is 15.3. The minimum Gasteiger partial charge on any atom is -0.507 e. The molecule has 7 heteroatoms. The zero-order valence-corrected chi connectivity index (χ0v) is 16.0. The molecule has 2 aromatic rings. The van der Waals surface area contributed by atoms with E-state index >= 15 is 4.39 Å². The Kier molecular flexibility index (Phi) is 4.82. The molecule has 0 spiro atoms. The number of nitrogens with zero attached hydrogens (tertiary/aromatic N) is 1. The first-order valence-electron chi connectivity index (χ1n) is 9.73. The number of hydrogen-bond donors (Lipinski definition) is 4. The first kappa shape index (κ1) is 19.1. The third kappa shape index (κ3) is 3.26. The summed E-state index contributed by atoms with van der Waals surface area (Å²) in [5.41, 5.74) is 14.5. The molecule has 1 aromatic carbocycles. The highest BCUT2D eigenvalue weighted by Gasteiger charge is 2.49. The van der Waals surface area contributed by atoms with E-state index < -0.39 is 12.2 Å². The van der Waals surface area contributed by atoms with Crippen molar-refractivity contribution in [2.45, 2.75) is 43.4 Å². The van der Waals surface area contributed by atoms with Crippen LogP contribution in [-0.4, -0.2) is 39.2 Å². The second-order valence-corrected chi connectivity index (χ2v) is 7.75. The minimum atomic E-state index is -1.18. The van der Waals surface area contributed by atoms with Crippen LogP contribution in [0.3, 0.4) is 0 Å². The van der Waals surface area contributed by atoms with E-state index in [0.717, 1.165) is 6.42 Å². The van der Waals surface area contributed by atoms with E-state index in [9.17, 15) is 9.90 Å². The van der Waals surface area contributed by atoms with Crippen molar-refractivity contribution in [3.63, 3.8) is 0 Å². The van der Waals surface area contributed by atoms with Gasteiger partial charge in [0.1, 0.15) is 17.7 Å². The van der Waals surface area contributed by atoms with E-state index in [4.69, 9.17) is 11.5 Å². The molecule has 1 aromatic heterocycles. The van der Waals surface area contributed by atoms with Crippen molar-refractivity contribution >= 4 is 23.5 Å². The number of aromatic nitrogens is 1. The summed E-state index contributed by atoms with van der Waals surface area (Å²) < 4.78 is 15.3. The predicted octanol–water partition coefficient (Wildman–Crippen LogP) is 3.13. The molecule has 6 nitrogen and oxygen atoms in total. The van der Waals surface area contributed by atoms with Crippen molar-refractivity contribution in [1.29, 1.82) is 0 Å². The highest BCUT2D eigenvalue weighted by Crippen LogP contribution is 2.45. The van der Waals surface area contributed by atoms with Crippen LogP contribution < -0.4 is 11.5 Å². The third-order valence-electron chi connectivity index (χ3n) is 6.08. The topological polar surface area (TPSA) is 108 Å². The number of H-pyrrole nitrogens is 1. The number of carbonyl (C=O) groups is 1. The SMILES string of the molecule is C=CC(=O)N1C2CCC1C(F)C(c1cc(/C=C(\N)c3ccccc3O)c(N)[nH]1)C2. The number of carbonyl (C=O) groups excluding carboxylic acids is 1. The van der Waals surface area contributed by atoms with Crippen molar-refractivity contribution in [3.8, 4) is 5.75 Å². The predicted molar refractivity (Wildman–Crippen MR) is 111 cm³/mol. The third-order valence-corrected chi connectivity index (χ3v) is 6.08. The summed E-state index contributed by atoms with van der Waals surface area (Å²) in [7, 11) is 0. The Morgan fingerprint density at radius 2 is 2.10 bits per heavy atom. The molecule has 1 amide bonds. The van der Waals surface area contributed by atoms with Gasteiger partial charge in [0.2, 0.25) is 5.91 Å². The number of benzene rings is 1. The quantitative estimate of drug-likeness (QED) is 0.596. The number of rotatable bonds is 4. The van der Waals surface area contributed by atoms with Gasteiger partial charge in [0.15, 0.2) is 0 Å².